The number of carbonyl (C=O) groups is 2. The van der Waals surface area contributed by atoms with Gasteiger partial charge < -0.3 is 14.7 Å². The van der Waals surface area contributed by atoms with Gasteiger partial charge in [-0.05, 0) is 31.4 Å². The van der Waals surface area contributed by atoms with Crippen LogP contribution in [0.4, 0.5) is 0 Å². The second-order valence-corrected chi connectivity index (χ2v) is 6.33. The van der Waals surface area contributed by atoms with Crippen molar-refractivity contribution in [1.29, 1.82) is 0 Å². The minimum Gasteiger partial charge on any atom is -0.360 e. The fraction of sp³-hybridized carbons (Fsp3) is 0.421. The first kappa shape index (κ1) is 17.2. The van der Waals surface area contributed by atoms with Gasteiger partial charge in [0, 0.05) is 37.2 Å². The summed E-state index contributed by atoms with van der Waals surface area (Å²) in [5.41, 5.74) is 0.996. The monoisotopic (exact) mass is 341 g/mol. The van der Waals surface area contributed by atoms with Crippen LogP contribution in [-0.2, 0) is 0 Å². The zero-order valence-corrected chi connectivity index (χ0v) is 14.4. The minimum absolute atomic E-state index is 0.0331. The van der Waals surface area contributed by atoms with Gasteiger partial charge in [-0.2, -0.15) is 0 Å². The third-order valence-electron chi connectivity index (χ3n) is 4.43. The number of aromatic nitrogens is 1. The smallest absolute Gasteiger partial charge is 0.273 e. The Morgan fingerprint density at radius 1 is 1.32 bits per heavy atom. The fourth-order valence-corrected chi connectivity index (χ4v) is 3.07. The van der Waals surface area contributed by atoms with Crippen LogP contribution >= 0.6 is 0 Å². The number of hydrogen-bond acceptors (Lipinski definition) is 4. The summed E-state index contributed by atoms with van der Waals surface area (Å²) >= 11 is 0. The molecular formula is C19H23N3O3. The van der Waals surface area contributed by atoms with Crippen molar-refractivity contribution >= 4 is 11.8 Å². The average Bonchev–Trinajstić information content (AvgIpc) is 3.16. The maximum Gasteiger partial charge on any atom is 0.273 e. The van der Waals surface area contributed by atoms with Gasteiger partial charge >= 0.3 is 0 Å². The van der Waals surface area contributed by atoms with Crippen molar-refractivity contribution in [2.75, 3.05) is 19.6 Å². The van der Waals surface area contributed by atoms with E-state index < -0.39 is 0 Å². The van der Waals surface area contributed by atoms with E-state index in [-0.39, 0.29) is 17.7 Å². The third-order valence-corrected chi connectivity index (χ3v) is 4.43. The standard InChI is InChI=1S/C19H23N3O3/c1-2-10-20-18(23)16-12-17(25-21-16)15-9-6-11-22(13-15)19(24)14-7-4-3-5-8-14/h3-5,7-8,12,15H,2,6,9-11,13H2,1H3,(H,20,23). The molecule has 132 valence electrons. The molecular weight excluding hydrogens is 318 g/mol. The number of likely N-dealkylation sites (tertiary alicyclic amines) is 1. The molecule has 0 bridgehead atoms. The highest BCUT2D eigenvalue weighted by Gasteiger charge is 2.28. The SMILES string of the molecule is CCCNC(=O)c1cc(C2CCCN(C(=O)c3ccccc3)C2)on1. The highest BCUT2D eigenvalue weighted by atomic mass is 16.5. The number of piperidine rings is 1. The molecule has 1 aromatic heterocycles. The highest BCUT2D eigenvalue weighted by molar-refractivity contribution is 5.94. The van der Waals surface area contributed by atoms with Crippen LogP contribution in [0.25, 0.3) is 0 Å². The van der Waals surface area contributed by atoms with Gasteiger partial charge in [-0.1, -0.05) is 30.3 Å². The molecule has 1 atom stereocenters. The number of rotatable bonds is 5. The van der Waals surface area contributed by atoms with Crippen LogP contribution in [0.5, 0.6) is 0 Å². The minimum atomic E-state index is -0.218. The molecule has 2 amide bonds. The molecule has 25 heavy (non-hydrogen) atoms. The second kappa shape index (κ2) is 7.96. The van der Waals surface area contributed by atoms with Gasteiger partial charge in [0.1, 0.15) is 5.76 Å². The Morgan fingerprint density at radius 3 is 2.88 bits per heavy atom. The molecule has 3 rings (SSSR count). The molecule has 1 unspecified atom stereocenters. The van der Waals surface area contributed by atoms with Gasteiger partial charge in [0.15, 0.2) is 5.69 Å². The molecule has 1 aliphatic heterocycles. The van der Waals surface area contributed by atoms with Gasteiger partial charge in [0.2, 0.25) is 0 Å². The summed E-state index contributed by atoms with van der Waals surface area (Å²) in [5, 5.41) is 6.67. The predicted octanol–water partition coefficient (Wildman–Crippen LogP) is 2.83. The second-order valence-electron chi connectivity index (χ2n) is 6.33. The van der Waals surface area contributed by atoms with E-state index in [9.17, 15) is 9.59 Å². The number of carbonyl (C=O) groups excluding carboxylic acids is 2. The Kier molecular flexibility index (Phi) is 5.48. The Labute approximate surface area is 147 Å². The van der Waals surface area contributed by atoms with E-state index in [1.165, 1.54) is 0 Å². The van der Waals surface area contributed by atoms with Crippen LogP contribution in [0, 0.1) is 0 Å². The van der Waals surface area contributed by atoms with E-state index in [1.807, 2.05) is 42.2 Å². The molecule has 0 aliphatic carbocycles. The first-order valence-electron chi connectivity index (χ1n) is 8.78. The number of amides is 2. The van der Waals surface area contributed by atoms with Crippen LogP contribution < -0.4 is 5.32 Å². The largest absolute Gasteiger partial charge is 0.360 e. The van der Waals surface area contributed by atoms with Gasteiger partial charge in [0.05, 0.1) is 0 Å². The molecule has 2 aromatic rings. The van der Waals surface area contributed by atoms with Gasteiger partial charge in [0.25, 0.3) is 11.8 Å². The summed E-state index contributed by atoms with van der Waals surface area (Å²) in [6.07, 6.45) is 2.70. The van der Waals surface area contributed by atoms with E-state index in [4.69, 9.17) is 4.52 Å². The van der Waals surface area contributed by atoms with E-state index in [2.05, 4.69) is 10.5 Å². The van der Waals surface area contributed by atoms with E-state index in [0.717, 1.165) is 25.8 Å². The van der Waals surface area contributed by atoms with Crippen molar-refractivity contribution in [2.24, 2.45) is 0 Å². The summed E-state index contributed by atoms with van der Waals surface area (Å²) in [6, 6.07) is 11.0. The Hall–Kier alpha value is -2.63. The summed E-state index contributed by atoms with van der Waals surface area (Å²) in [7, 11) is 0. The number of hydrogen-bond donors (Lipinski definition) is 1. The molecule has 0 saturated carbocycles. The van der Waals surface area contributed by atoms with E-state index in [1.54, 1.807) is 6.07 Å². The maximum absolute atomic E-state index is 12.6. The summed E-state index contributed by atoms with van der Waals surface area (Å²) in [4.78, 5) is 26.4. The van der Waals surface area contributed by atoms with Crippen molar-refractivity contribution < 1.29 is 14.1 Å². The quantitative estimate of drug-likeness (QED) is 0.907. The van der Waals surface area contributed by atoms with Crippen LogP contribution in [0.15, 0.2) is 40.9 Å². The van der Waals surface area contributed by atoms with Gasteiger partial charge in [-0.3, -0.25) is 9.59 Å². The fourth-order valence-electron chi connectivity index (χ4n) is 3.07. The van der Waals surface area contributed by atoms with Crippen LogP contribution in [-0.4, -0.2) is 41.5 Å². The molecule has 0 spiro atoms. The number of nitrogens with zero attached hydrogens (tertiary/aromatic N) is 2. The molecule has 1 saturated heterocycles. The van der Waals surface area contributed by atoms with Crippen molar-refractivity contribution in [3.05, 3.63) is 53.4 Å². The Morgan fingerprint density at radius 2 is 2.12 bits per heavy atom. The number of nitrogens with one attached hydrogen (secondary N) is 1. The molecule has 6 heteroatoms. The van der Waals surface area contributed by atoms with Crippen LogP contribution in [0.2, 0.25) is 0 Å². The normalized spacial score (nSPS) is 17.3. The van der Waals surface area contributed by atoms with Crippen molar-refractivity contribution in [3.8, 4) is 0 Å². The Balaban J connectivity index is 1.66. The molecule has 1 aliphatic rings. The van der Waals surface area contributed by atoms with Gasteiger partial charge in [-0.15, -0.1) is 0 Å². The topological polar surface area (TPSA) is 75.4 Å². The number of benzene rings is 1. The molecule has 1 N–H and O–H groups in total. The first-order valence-corrected chi connectivity index (χ1v) is 8.78. The summed E-state index contributed by atoms with van der Waals surface area (Å²) < 4.78 is 5.39. The summed E-state index contributed by atoms with van der Waals surface area (Å²) in [6.45, 7) is 3.93. The zero-order valence-electron chi connectivity index (χ0n) is 14.4. The summed E-state index contributed by atoms with van der Waals surface area (Å²) in [5.74, 6) is 0.560. The zero-order chi connectivity index (χ0) is 17.6. The Bertz CT molecular complexity index is 727. The van der Waals surface area contributed by atoms with Crippen LogP contribution in [0.1, 0.15) is 58.7 Å². The van der Waals surface area contributed by atoms with E-state index >= 15 is 0 Å². The molecule has 2 heterocycles. The lowest BCUT2D eigenvalue weighted by atomic mass is 9.94. The average molecular weight is 341 g/mol. The maximum atomic E-state index is 12.6. The van der Waals surface area contributed by atoms with Crippen molar-refractivity contribution in [3.63, 3.8) is 0 Å². The molecule has 1 fully saturated rings. The first-order chi connectivity index (χ1) is 12.2. The lowest BCUT2D eigenvalue weighted by Crippen LogP contribution is -2.39. The van der Waals surface area contributed by atoms with Crippen molar-refractivity contribution in [2.45, 2.75) is 32.1 Å². The van der Waals surface area contributed by atoms with Crippen molar-refractivity contribution in [1.82, 2.24) is 15.4 Å². The van der Waals surface area contributed by atoms with Gasteiger partial charge in [-0.25, -0.2) is 0 Å². The van der Waals surface area contributed by atoms with E-state index in [0.29, 0.717) is 30.1 Å². The molecule has 1 aromatic carbocycles. The molecule has 0 radical (unpaired) electrons. The third kappa shape index (κ3) is 4.07. The predicted molar refractivity (Wildman–Crippen MR) is 93.4 cm³/mol. The lowest BCUT2D eigenvalue weighted by molar-refractivity contribution is 0.0697. The molecule has 6 nitrogen and oxygen atoms in total. The highest BCUT2D eigenvalue weighted by Crippen LogP contribution is 2.28. The lowest BCUT2D eigenvalue weighted by Gasteiger charge is -2.31. The van der Waals surface area contributed by atoms with Crippen LogP contribution in [0.3, 0.4) is 0 Å².